The summed E-state index contributed by atoms with van der Waals surface area (Å²) in [4.78, 5) is 13.2. The summed E-state index contributed by atoms with van der Waals surface area (Å²) in [6, 6.07) is 0.310. The molecule has 0 radical (unpaired) electrons. The van der Waals surface area contributed by atoms with Crippen LogP contribution >= 0.6 is 0 Å². The van der Waals surface area contributed by atoms with Gasteiger partial charge in [-0.3, -0.25) is 4.79 Å². The quantitative estimate of drug-likeness (QED) is 0.602. The summed E-state index contributed by atoms with van der Waals surface area (Å²) in [5.74, 6) is 0.890. The Hall–Kier alpha value is -0.570. The van der Waals surface area contributed by atoms with Gasteiger partial charge in [0.25, 0.3) is 0 Å². The molecule has 13 heavy (non-hydrogen) atoms. The molecule has 2 aliphatic rings. The number of piperidine rings is 1. The lowest BCUT2D eigenvalue weighted by molar-refractivity contribution is -0.139. The van der Waals surface area contributed by atoms with Crippen LogP contribution in [0.1, 0.15) is 32.1 Å². The minimum atomic E-state index is -0.186. The van der Waals surface area contributed by atoms with Crippen molar-refractivity contribution in [3.05, 3.63) is 0 Å². The van der Waals surface area contributed by atoms with Crippen LogP contribution < -0.4 is 0 Å². The second-order valence-corrected chi connectivity index (χ2v) is 4.34. The van der Waals surface area contributed by atoms with Gasteiger partial charge in [0.1, 0.15) is 0 Å². The minimum absolute atomic E-state index is 0.186. The van der Waals surface area contributed by atoms with Gasteiger partial charge in [-0.1, -0.05) is 0 Å². The van der Waals surface area contributed by atoms with Crippen LogP contribution in [0.3, 0.4) is 0 Å². The number of rotatable bonds is 0. The highest BCUT2D eigenvalue weighted by atomic mass is 16.3. The van der Waals surface area contributed by atoms with Gasteiger partial charge in [-0.15, -0.1) is 0 Å². The summed E-state index contributed by atoms with van der Waals surface area (Å²) in [7, 11) is 1.87. The number of carbonyl (C=O) groups excluding carboxylic acids is 1. The zero-order valence-electron chi connectivity index (χ0n) is 8.07. The maximum atomic E-state index is 11.4. The summed E-state index contributed by atoms with van der Waals surface area (Å²) in [5, 5.41) is 9.51. The Kier molecular flexibility index (Phi) is 2.28. The van der Waals surface area contributed by atoms with Crippen LogP contribution in [0.15, 0.2) is 0 Å². The van der Waals surface area contributed by atoms with Crippen molar-refractivity contribution in [2.45, 2.75) is 44.2 Å². The number of nitrogens with zero attached hydrogens (tertiary/aromatic N) is 1. The summed E-state index contributed by atoms with van der Waals surface area (Å²) in [5.41, 5.74) is 0. The molecule has 2 fully saturated rings. The van der Waals surface area contributed by atoms with Crippen LogP contribution in [0.4, 0.5) is 0 Å². The normalized spacial score (nSPS) is 40.3. The Balaban J connectivity index is 2.08. The number of carbonyl (C=O) groups is 1. The fourth-order valence-electron chi connectivity index (χ4n) is 2.67. The molecular weight excluding hydrogens is 166 g/mol. The standard InChI is InChI=1S/C10H17NO2/c1-11-9-6-8(12)4-2-7(9)3-5-10(11)13/h7-9,12H,2-6H2,1H3/t7-,8+,9-/m0/s1. The summed E-state index contributed by atoms with van der Waals surface area (Å²) in [6.07, 6.45) is 4.34. The number of hydrogen-bond donors (Lipinski definition) is 1. The molecule has 74 valence electrons. The van der Waals surface area contributed by atoms with Crippen LogP contribution in [0.2, 0.25) is 0 Å². The van der Waals surface area contributed by atoms with Crippen LogP contribution in [-0.2, 0) is 4.79 Å². The van der Waals surface area contributed by atoms with Gasteiger partial charge in [-0.2, -0.15) is 0 Å². The van der Waals surface area contributed by atoms with Crippen molar-refractivity contribution in [1.29, 1.82) is 0 Å². The molecule has 1 N–H and O–H groups in total. The summed E-state index contributed by atoms with van der Waals surface area (Å²) >= 11 is 0. The molecule has 0 bridgehead atoms. The second-order valence-electron chi connectivity index (χ2n) is 4.34. The third kappa shape index (κ3) is 1.57. The monoisotopic (exact) mass is 183 g/mol. The molecule has 0 aromatic heterocycles. The molecule has 0 aromatic carbocycles. The fraction of sp³-hybridized carbons (Fsp3) is 0.900. The van der Waals surface area contributed by atoms with Crippen LogP contribution in [0, 0.1) is 5.92 Å². The number of aliphatic hydroxyl groups is 1. The van der Waals surface area contributed by atoms with E-state index in [1.54, 1.807) is 0 Å². The summed E-state index contributed by atoms with van der Waals surface area (Å²) < 4.78 is 0. The van der Waals surface area contributed by atoms with Gasteiger partial charge in [0, 0.05) is 19.5 Å². The Morgan fingerprint density at radius 3 is 2.92 bits per heavy atom. The van der Waals surface area contributed by atoms with E-state index < -0.39 is 0 Å². The van der Waals surface area contributed by atoms with Gasteiger partial charge >= 0.3 is 0 Å². The zero-order valence-corrected chi connectivity index (χ0v) is 8.07. The Morgan fingerprint density at radius 2 is 2.15 bits per heavy atom. The van der Waals surface area contributed by atoms with Gasteiger partial charge in [-0.05, 0) is 31.6 Å². The molecule has 3 nitrogen and oxygen atoms in total. The SMILES string of the molecule is CN1C(=O)CC[C@@H]2CC[C@@H](O)C[C@@H]21. The lowest BCUT2D eigenvalue weighted by Gasteiger charge is -2.43. The van der Waals surface area contributed by atoms with Gasteiger partial charge in [0.05, 0.1) is 6.10 Å². The molecule has 1 saturated carbocycles. The van der Waals surface area contributed by atoms with Crippen molar-refractivity contribution < 1.29 is 9.90 Å². The predicted octanol–water partition coefficient (Wildman–Crippen LogP) is 0.768. The van der Waals surface area contributed by atoms with Gasteiger partial charge < -0.3 is 10.0 Å². The van der Waals surface area contributed by atoms with Crippen molar-refractivity contribution in [3.63, 3.8) is 0 Å². The van der Waals surface area contributed by atoms with Crippen molar-refractivity contribution in [2.75, 3.05) is 7.05 Å². The van der Waals surface area contributed by atoms with E-state index in [0.29, 0.717) is 18.4 Å². The first-order valence-corrected chi connectivity index (χ1v) is 5.12. The van der Waals surface area contributed by atoms with Crippen molar-refractivity contribution in [2.24, 2.45) is 5.92 Å². The van der Waals surface area contributed by atoms with Crippen molar-refractivity contribution >= 4 is 5.91 Å². The highest BCUT2D eigenvalue weighted by Gasteiger charge is 2.37. The topological polar surface area (TPSA) is 40.5 Å². The molecule has 0 spiro atoms. The van der Waals surface area contributed by atoms with Crippen LogP contribution in [-0.4, -0.2) is 35.1 Å². The number of aliphatic hydroxyl groups excluding tert-OH is 1. The number of fused-ring (bicyclic) bond motifs is 1. The molecule has 0 unspecified atom stereocenters. The number of amides is 1. The third-order valence-electron chi connectivity index (χ3n) is 3.55. The first-order valence-electron chi connectivity index (χ1n) is 5.12. The van der Waals surface area contributed by atoms with Gasteiger partial charge in [0.2, 0.25) is 5.91 Å². The lowest BCUT2D eigenvalue weighted by Crippen LogP contribution is -2.50. The average molecular weight is 183 g/mol. The van der Waals surface area contributed by atoms with E-state index in [9.17, 15) is 9.90 Å². The van der Waals surface area contributed by atoms with E-state index in [1.165, 1.54) is 0 Å². The van der Waals surface area contributed by atoms with E-state index in [4.69, 9.17) is 0 Å². The lowest BCUT2D eigenvalue weighted by atomic mass is 9.77. The zero-order chi connectivity index (χ0) is 9.42. The predicted molar refractivity (Wildman–Crippen MR) is 49.1 cm³/mol. The van der Waals surface area contributed by atoms with Crippen molar-refractivity contribution in [1.82, 2.24) is 4.90 Å². The molecule has 1 aliphatic carbocycles. The van der Waals surface area contributed by atoms with E-state index >= 15 is 0 Å². The van der Waals surface area contributed by atoms with Crippen LogP contribution in [0.5, 0.6) is 0 Å². The average Bonchev–Trinajstić information content (AvgIpc) is 2.12. The molecule has 1 amide bonds. The molecule has 2 rings (SSSR count). The highest BCUT2D eigenvalue weighted by molar-refractivity contribution is 5.77. The van der Waals surface area contributed by atoms with E-state index in [0.717, 1.165) is 25.7 Å². The largest absolute Gasteiger partial charge is 0.393 e. The van der Waals surface area contributed by atoms with Gasteiger partial charge in [-0.25, -0.2) is 0 Å². The maximum Gasteiger partial charge on any atom is 0.222 e. The maximum absolute atomic E-state index is 11.4. The van der Waals surface area contributed by atoms with Crippen molar-refractivity contribution in [3.8, 4) is 0 Å². The van der Waals surface area contributed by atoms with Gasteiger partial charge in [0.15, 0.2) is 0 Å². The molecule has 1 heterocycles. The first-order chi connectivity index (χ1) is 6.18. The van der Waals surface area contributed by atoms with E-state index in [-0.39, 0.29) is 12.0 Å². The molecular formula is C10H17NO2. The third-order valence-corrected chi connectivity index (χ3v) is 3.55. The smallest absolute Gasteiger partial charge is 0.222 e. The Morgan fingerprint density at radius 1 is 1.38 bits per heavy atom. The van der Waals surface area contributed by atoms with Crippen LogP contribution in [0.25, 0.3) is 0 Å². The number of hydrogen-bond acceptors (Lipinski definition) is 2. The minimum Gasteiger partial charge on any atom is -0.393 e. The summed E-state index contributed by atoms with van der Waals surface area (Å²) in [6.45, 7) is 0. The molecule has 0 aromatic rings. The second kappa shape index (κ2) is 3.29. The molecule has 3 heteroatoms. The molecule has 3 atom stereocenters. The molecule has 1 saturated heterocycles. The fourth-order valence-corrected chi connectivity index (χ4v) is 2.67. The van der Waals surface area contributed by atoms with E-state index in [2.05, 4.69) is 0 Å². The Labute approximate surface area is 78.7 Å². The van der Waals surface area contributed by atoms with E-state index in [1.807, 2.05) is 11.9 Å². The number of likely N-dealkylation sites (tertiary alicyclic amines) is 1. The Bertz CT molecular complexity index is 217. The highest BCUT2D eigenvalue weighted by Crippen LogP contribution is 2.34. The first kappa shape index (κ1) is 9.00. The molecule has 1 aliphatic heterocycles.